The number of carboxylic acids is 1. The number of ether oxygens (including phenoxy) is 1. The first-order valence-electron chi connectivity index (χ1n) is 5.22. The first kappa shape index (κ1) is 11.9. The second-order valence-electron chi connectivity index (χ2n) is 3.66. The van der Waals surface area contributed by atoms with Gasteiger partial charge in [-0.05, 0) is 30.3 Å². The van der Waals surface area contributed by atoms with Crippen LogP contribution < -0.4 is 0 Å². The maximum atomic E-state index is 11.5. The summed E-state index contributed by atoms with van der Waals surface area (Å²) >= 11 is 0. The minimum atomic E-state index is -1.09. The van der Waals surface area contributed by atoms with Gasteiger partial charge in [0.25, 0.3) is 0 Å². The van der Waals surface area contributed by atoms with Crippen molar-refractivity contribution in [2.24, 2.45) is 0 Å². The van der Waals surface area contributed by atoms with Crippen molar-refractivity contribution in [3.8, 4) is 5.69 Å². The number of carboxylic acid groups (broad SMARTS) is 1. The molecule has 0 bridgehead atoms. The summed E-state index contributed by atoms with van der Waals surface area (Å²) in [5, 5.41) is 9.02. The van der Waals surface area contributed by atoms with E-state index in [-0.39, 0.29) is 11.1 Å². The van der Waals surface area contributed by atoms with Gasteiger partial charge in [0.2, 0.25) is 0 Å². The number of benzene rings is 1. The van der Waals surface area contributed by atoms with Crippen LogP contribution in [0.5, 0.6) is 0 Å². The Kier molecular flexibility index (Phi) is 3.14. The van der Waals surface area contributed by atoms with Gasteiger partial charge < -0.3 is 14.4 Å². The quantitative estimate of drug-likeness (QED) is 0.839. The largest absolute Gasteiger partial charge is 0.478 e. The number of hydrogen-bond acceptors (Lipinski definition) is 3. The Morgan fingerprint density at radius 1 is 1.11 bits per heavy atom. The van der Waals surface area contributed by atoms with Gasteiger partial charge in [0, 0.05) is 18.1 Å². The summed E-state index contributed by atoms with van der Waals surface area (Å²) in [5.74, 6) is -1.65. The third-order valence-electron chi connectivity index (χ3n) is 2.49. The van der Waals surface area contributed by atoms with Crippen LogP contribution in [0.4, 0.5) is 0 Å². The standard InChI is InChI=1S/C13H11NO4/c1-18-13(17)10-6-9(12(15)16)7-11(8-10)14-4-2-3-5-14/h2-8H,1H3,(H,15,16). The maximum Gasteiger partial charge on any atom is 0.337 e. The smallest absolute Gasteiger partial charge is 0.337 e. The first-order valence-corrected chi connectivity index (χ1v) is 5.22. The molecule has 18 heavy (non-hydrogen) atoms. The Bertz CT molecular complexity index is 587. The molecule has 0 radical (unpaired) electrons. The Morgan fingerprint density at radius 3 is 2.28 bits per heavy atom. The number of carbonyl (C=O) groups excluding carboxylic acids is 1. The summed E-state index contributed by atoms with van der Waals surface area (Å²) in [5.41, 5.74) is 0.850. The minimum absolute atomic E-state index is 0.0431. The van der Waals surface area contributed by atoms with Gasteiger partial charge in [0.1, 0.15) is 0 Å². The molecule has 0 atom stereocenters. The second kappa shape index (κ2) is 4.75. The lowest BCUT2D eigenvalue weighted by atomic mass is 10.1. The van der Waals surface area contributed by atoms with Crippen molar-refractivity contribution in [3.05, 3.63) is 53.9 Å². The fraction of sp³-hybridized carbons (Fsp3) is 0.0769. The van der Waals surface area contributed by atoms with E-state index in [4.69, 9.17) is 5.11 Å². The number of carbonyl (C=O) groups is 2. The van der Waals surface area contributed by atoms with Gasteiger partial charge in [-0.25, -0.2) is 9.59 Å². The van der Waals surface area contributed by atoms with Gasteiger partial charge in [0.15, 0.2) is 0 Å². The van der Waals surface area contributed by atoms with Gasteiger partial charge in [-0.1, -0.05) is 0 Å². The molecule has 5 heteroatoms. The van der Waals surface area contributed by atoms with Crippen LogP contribution in [0.15, 0.2) is 42.7 Å². The Balaban J connectivity index is 2.57. The monoisotopic (exact) mass is 245 g/mol. The summed E-state index contributed by atoms with van der Waals surface area (Å²) < 4.78 is 6.32. The van der Waals surface area contributed by atoms with Crippen LogP contribution in [0.1, 0.15) is 20.7 Å². The highest BCUT2D eigenvalue weighted by atomic mass is 16.5. The van der Waals surface area contributed by atoms with Crippen molar-refractivity contribution in [3.63, 3.8) is 0 Å². The summed E-state index contributed by atoms with van der Waals surface area (Å²) in [6.07, 6.45) is 3.53. The van der Waals surface area contributed by atoms with E-state index in [1.807, 2.05) is 12.1 Å². The fourth-order valence-corrected chi connectivity index (χ4v) is 1.63. The molecule has 5 nitrogen and oxygen atoms in total. The van der Waals surface area contributed by atoms with Gasteiger partial charge in [0.05, 0.1) is 18.2 Å². The molecule has 2 aromatic rings. The predicted molar refractivity (Wildman–Crippen MR) is 64.1 cm³/mol. The van der Waals surface area contributed by atoms with Crippen molar-refractivity contribution in [2.45, 2.75) is 0 Å². The maximum absolute atomic E-state index is 11.5. The molecule has 1 N–H and O–H groups in total. The number of hydrogen-bond donors (Lipinski definition) is 1. The molecule has 1 heterocycles. The number of methoxy groups -OCH3 is 1. The van der Waals surface area contributed by atoms with E-state index < -0.39 is 11.9 Å². The lowest BCUT2D eigenvalue weighted by Gasteiger charge is -2.07. The summed E-state index contributed by atoms with van der Waals surface area (Å²) in [4.78, 5) is 22.5. The molecule has 0 fully saturated rings. The average Bonchev–Trinajstić information content (AvgIpc) is 2.91. The van der Waals surface area contributed by atoms with Gasteiger partial charge >= 0.3 is 11.9 Å². The van der Waals surface area contributed by atoms with E-state index in [0.717, 1.165) is 0 Å². The van der Waals surface area contributed by atoms with Crippen molar-refractivity contribution < 1.29 is 19.4 Å². The third-order valence-corrected chi connectivity index (χ3v) is 2.49. The zero-order chi connectivity index (χ0) is 13.1. The van der Waals surface area contributed by atoms with Gasteiger partial charge in [-0.15, -0.1) is 0 Å². The molecule has 0 unspecified atom stereocenters. The molecular weight excluding hydrogens is 234 g/mol. The molecule has 1 aromatic carbocycles. The van der Waals surface area contributed by atoms with Crippen molar-refractivity contribution >= 4 is 11.9 Å². The van der Waals surface area contributed by atoms with Crippen LogP contribution >= 0.6 is 0 Å². The number of aromatic carboxylic acids is 1. The Labute approximate surface area is 103 Å². The highest BCUT2D eigenvalue weighted by Gasteiger charge is 2.13. The van der Waals surface area contributed by atoms with Crippen LogP contribution in [0.3, 0.4) is 0 Å². The Hall–Kier alpha value is -2.56. The molecule has 0 aliphatic heterocycles. The predicted octanol–water partition coefficient (Wildman–Crippen LogP) is 1.96. The first-order chi connectivity index (χ1) is 8.61. The van der Waals surface area contributed by atoms with Crippen molar-refractivity contribution in [1.29, 1.82) is 0 Å². The number of rotatable bonds is 3. The normalized spacial score (nSPS) is 10.1. The molecule has 0 amide bonds. The third kappa shape index (κ3) is 2.24. The highest BCUT2D eigenvalue weighted by molar-refractivity contribution is 5.95. The molecule has 0 saturated carbocycles. The summed E-state index contributed by atoms with van der Waals surface area (Å²) in [7, 11) is 1.26. The molecule has 2 rings (SSSR count). The van der Waals surface area contributed by atoms with E-state index in [1.165, 1.54) is 19.2 Å². The second-order valence-corrected chi connectivity index (χ2v) is 3.66. The van der Waals surface area contributed by atoms with E-state index >= 15 is 0 Å². The molecule has 0 saturated heterocycles. The van der Waals surface area contributed by atoms with E-state index in [1.54, 1.807) is 23.0 Å². The SMILES string of the molecule is COC(=O)c1cc(C(=O)O)cc(-n2cccc2)c1. The van der Waals surface area contributed by atoms with Gasteiger partial charge in [-0.2, -0.15) is 0 Å². The molecule has 0 aliphatic rings. The molecule has 0 spiro atoms. The number of nitrogens with zero attached hydrogens (tertiary/aromatic N) is 1. The summed E-state index contributed by atoms with van der Waals surface area (Å²) in [6, 6.07) is 7.99. The van der Waals surface area contributed by atoms with Crippen LogP contribution in [-0.4, -0.2) is 28.7 Å². The van der Waals surface area contributed by atoms with Crippen LogP contribution in [0.25, 0.3) is 5.69 Å². The van der Waals surface area contributed by atoms with E-state index in [9.17, 15) is 9.59 Å². The number of aromatic nitrogens is 1. The number of esters is 1. The molecular formula is C13H11NO4. The average molecular weight is 245 g/mol. The van der Waals surface area contributed by atoms with E-state index in [0.29, 0.717) is 5.69 Å². The summed E-state index contributed by atoms with van der Waals surface area (Å²) in [6.45, 7) is 0. The van der Waals surface area contributed by atoms with Crippen LogP contribution in [0.2, 0.25) is 0 Å². The van der Waals surface area contributed by atoms with Gasteiger partial charge in [-0.3, -0.25) is 0 Å². The molecule has 0 aliphatic carbocycles. The topological polar surface area (TPSA) is 68.5 Å². The molecule has 92 valence electrons. The Morgan fingerprint density at radius 2 is 1.72 bits per heavy atom. The zero-order valence-electron chi connectivity index (χ0n) is 9.66. The fourth-order valence-electron chi connectivity index (χ4n) is 1.63. The van der Waals surface area contributed by atoms with Crippen molar-refractivity contribution in [1.82, 2.24) is 4.57 Å². The lowest BCUT2D eigenvalue weighted by Crippen LogP contribution is -2.06. The van der Waals surface area contributed by atoms with Crippen LogP contribution in [0, 0.1) is 0 Å². The van der Waals surface area contributed by atoms with Crippen LogP contribution in [-0.2, 0) is 4.74 Å². The highest BCUT2D eigenvalue weighted by Crippen LogP contribution is 2.16. The minimum Gasteiger partial charge on any atom is -0.478 e. The van der Waals surface area contributed by atoms with E-state index in [2.05, 4.69) is 4.74 Å². The molecule has 1 aromatic heterocycles. The lowest BCUT2D eigenvalue weighted by molar-refractivity contribution is 0.0600. The zero-order valence-corrected chi connectivity index (χ0v) is 9.66. The van der Waals surface area contributed by atoms with Crippen molar-refractivity contribution in [2.75, 3.05) is 7.11 Å².